The highest BCUT2D eigenvalue weighted by Gasteiger charge is 2.26. The highest BCUT2D eigenvalue weighted by atomic mass is 16.5. The number of carboxylic acid groups (broad SMARTS) is 1. The number of pyridine rings is 2. The van der Waals surface area contributed by atoms with E-state index in [1.165, 1.54) is 7.11 Å². The number of benzene rings is 1. The fourth-order valence-corrected chi connectivity index (χ4v) is 3.73. The monoisotopic (exact) mass is 397 g/mol. The van der Waals surface area contributed by atoms with Crippen molar-refractivity contribution in [1.29, 1.82) is 0 Å². The summed E-state index contributed by atoms with van der Waals surface area (Å²) in [5.41, 5.74) is 4.53. The van der Waals surface area contributed by atoms with Crippen LogP contribution in [-0.2, 0) is 6.54 Å². The standard InChI is InChI=1S/C24H19N3O3/c1-4-16-7-8-20-19(13-16)21(18-6-5-10-26-23(18)30-3)22(24(28)29)27(20)14-17-9-11-25-15(2)12-17/h1,5-13H,14H2,2-3H3,(H,28,29). The maximum absolute atomic E-state index is 12.5. The Morgan fingerprint density at radius 1 is 1.20 bits per heavy atom. The van der Waals surface area contributed by atoms with Crippen LogP contribution in [0.15, 0.2) is 54.9 Å². The second kappa shape index (κ2) is 7.72. The molecular formula is C24H19N3O3. The molecule has 0 bridgehead atoms. The summed E-state index contributed by atoms with van der Waals surface area (Å²) in [6.07, 6.45) is 8.94. The first-order chi connectivity index (χ1) is 14.5. The number of ether oxygens (including phenoxy) is 1. The van der Waals surface area contributed by atoms with E-state index in [0.29, 0.717) is 29.1 Å². The highest BCUT2D eigenvalue weighted by molar-refractivity contribution is 6.09. The highest BCUT2D eigenvalue weighted by Crippen LogP contribution is 2.39. The Balaban J connectivity index is 2.08. The molecule has 0 spiro atoms. The summed E-state index contributed by atoms with van der Waals surface area (Å²) in [6, 6.07) is 12.9. The Morgan fingerprint density at radius 2 is 2.03 bits per heavy atom. The molecule has 4 aromatic rings. The van der Waals surface area contributed by atoms with E-state index in [9.17, 15) is 9.90 Å². The van der Waals surface area contributed by atoms with Crippen LogP contribution in [0.5, 0.6) is 5.88 Å². The van der Waals surface area contributed by atoms with E-state index >= 15 is 0 Å². The van der Waals surface area contributed by atoms with Crippen molar-refractivity contribution in [3.05, 3.63) is 77.4 Å². The van der Waals surface area contributed by atoms with Crippen molar-refractivity contribution in [3.8, 4) is 29.4 Å². The summed E-state index contributed by atoms with van der Waals surface area (Å²) >= 11 is 0. The molecule has 0 saturated heterocycles. The second-order valence-electron chi connectivity index (χ2n) is 6.86. The number of hydrogen-bond donors (Lipinski definition) is 1. The lowest BCUT2D eigenvalue weighted by Crippen LogP contribution is -2.11. The average molecular weight is 397 g/mol. The van der Waals surface area contributed by atoms with Gasteiger partial charge in [-0.1, -0.05) is 5.92 Å². The molecule has 0 atom stereocenters. The molecule has 0 aliphatic heterocycles. The number of methoxy groups -OCH3 is 1. The third-order valence-corrected chi connectivity index (χ3v) is 4.97. The van der Waals surface area contributed by atoms with Crippen LogP contribution in [0.3, 0.4) is 0 Å². The Hall–Kier alpha value is -4.11. The molecule has 6 nitrogen and oxygen atoms in total. The quantitative estimate of drug-likeness (QED) is 0.512. The normalized spacial score (nSPS) is 10.7. The lowest BCUT2D eigenvalue weighted by Gasteiger charge is -2.11. The molecule has 30 heavy (non-hydrogen) atoms. The smallest absolute Gasteiger partial charge is 0.353 e. The molecule has 0 aliphatic rings. The molecule has 6 heteroatoms. The molecule has 0 aliphatic carbocycles. The Kier molecular flexibility index (Phi) is 4.95. The largest absolute Gasteiger partial charge is 0.481 e. The minimum Gasteiger partial charge on any atom is -0.481 e. The Morgan fingerprint density at radius 3 is 2.73 bits per heavy atom. The number of nitrogens with zero attached hydrogens (tertiary/aromatic N) is 3. The van der Waals surface area contributed by atoms with Crippen LogP contribution in [0.25, 0.3) is 22.0 Å². The molecule has 1 aromatic carbocycles. The van der Waals surface area contributed by atoms with Gasteiger partial charge in [0.15, 0.2) is 0 Å². The molecule has 0 fully saturated rings. The number of carbonyl (C=O) groups is 1. The van der Waals surface area contributed by atoms with E-state index < -0.39 is 5.97 Å². The predicted octanol–water partition coefficient (Wildman–Crippen LogP) is 4.14. The van der Waals surface area contributed by atoms with E-state index in [1.807, 2.05) is 37.3 Å². The van der Waals surface area contributed by atoms with Crippen LogP contribution < -0.4 is 4.74 Å². The van der Waals surface area contributed by atoms with Gasteiger partial charge in [-0.25, -0.2) is 9.78 Å². The lowest BCUT2D eigenvalue weighted by molar-refractivity contribution is 0.0687. The third-order valence-electron chi connectivity index (χ3n) is 4.97. The summed E-state index contributed by atoms with van der Waals surface area (Å²) in [5.74, 6) is 1.94. The Labute approximate surface area is 173 Å². The summed E-state index contributed by atoms with van der Waals surface area (Å²) in [7, 11) is 1.51. The van der Waals surface area contributed by atoms with Crippen molar-refractivity contribution in [3.63, 3.8) is 0 Å². The van der Waals surface area contributed by atoms with Gasteiger partial charge in [0, 0.05) is 52.2 Å². The van der Waals surface area contributed by atoms with Crippen molar-refractivity contribution in [2.75, 3.05) is 7.11 Å². The van der Waals surface area contributed by atoms with Gasteiger partial charge >= 0.3 is 5.97 Å². The van der Waals surface area contributed by atoms with Crippen molar-refractivity contribution in [1.82, 2.24) is 14.5 Å². The van der Waals surface area contributed by atoms with Gasteiger partial charge in [0.2, 0.25) is 5.88 Å². The van der Waals surface area contributed by atoms with Crippen molar-refractivity contribution >= 4 is 16.9 Å². The first kappa shape index (κ1) is 19.2. The average Bonchev–Trinajstić information content (AvgIpc) is 3.07. The van der Waals surface area contributed by atoms with Crippen LogP contribution in [0, 0.1) is 19.3 Å². The molecule has 4 rings (SSSR count). The number of rotatable bonds is 5. The molecule has 0 saturated carbocycles. The topological polar surface area (TPSA) is 77.2 Å². The van der Waals surface area contributed by atoms with Crippen LogP contribution in [0.1, 0.15) is 27.3 Å². The van der Waals surface area contributed by atoms with E-state index in [2.05, 4.69) is 15.9 Å². The zero-order valence-electron chi connectivity index (χ0n) is 16.6. The van der Waals surface area contributed by atoms with Gasteiger partial charge in [0.05, 0.1) is 7.11 Å². The van der Waals surface area contributed by atoms with Crippen molar-refractivity contribution in [2.45, 2.75) is 13.5 Å². The fourth-order valence-electron chi connectivity index (χ4n) is 3.73. The molecule has 1 N–H and O–H groups in total. The molecule has 3 heterocycles. The van der Waals surface area contributed by atoms with Crippen molar-refractivity contribution in [2.24, 2.45) is 0 Å². The molecule has 0 unspecified atom stereocenters. The van der Waals surface area contributed by atoms with E-state index in [0.717, 1.165) is 22.2 Å². The SMILES string of the molecule is C#Cc1ccc2c(c1)c(-c1cccnc1OC)c(C(=O)O)n2Cc1ccnc(C)c1. The van der Waals surface area contributed by atoms with E-state index in [4.69, 9.17) is 11.2 Å². The maximum atomic E-state index is 12.5. The number of aromatic nitrogens is 3. The molecule has 0 amide bonds. The number of hydrogen-bond acceptors (Lipinski definition) is 4. The first-order valence-electron chi connectivity index (χ1n) is 9.30. The summed E-state index contributed by atoms with van der Waals surface area (Å²) in [5, 5.41) is 10.9. The molecule has 0 radical (unpaired) electrons. The zero-order valence-corrected chi connectivity index (χ0v) is 16.6. The third kappa shape index (κ3) is 3.27. The van der Waals surface area contributed by atoms with Crippen molar-refractivity contribution < 1.29 is 14.6 Å². The van der Waals surface area contributed by atoms with E-state index in [1.54, 1.807) is 29.1 Å². The number of carboxylic acids is 1. The molecule has 3 aromatic heterocycles. The first-order valence-corrected chi connectivity index (χ1v) is 9.30. The minimum atomic E-state index is -1.04. The van der Waals surface area contributed by atoms with Gasteiger partial charge in [-0.15, -0.1) is 6.42 Å². The fraction of sp³-hybridized carbons (Fsp3) is 0.125. The zero-order chi connectivity index (χ0) is 21.3. The van der Waals surface area contributed by atoms with Crippen LogP contribution >= 0.6 is 0 Å². The minimum absolute atomic E-state index is 0.153. The number of terminal acetylenes is 1. The number of aromatic carboxylic acids is 1. The van der Waals surface area contributed by atoms with Gasteiger partial charge in [-0.05, 0) is 55.0 Å². The Bertz CT molecular complexity index is 1320. The summed E-state index contributed by atoms with van der Waals surface area (Å²) in [4.78, 5) is 20.9. The van der Waals surface area contributed by atoms with Gasteiger partial charge in [0.25, 0.3) is 0 Å². The summed E-state index contributed by atoms with van der Waals surface area (Å²) in [6.45, 7) is 2.28. The van der Waals surface area contributed by atoms with Crippen LogP contribution in [-0.4, -0.2) is 32.7 Å². The van der Waals surface area contributed by atoms with Gasteiger partial charge in [-0.2, -0.15) is 0 Å². The number of fused-ring (bicyclic) bond motifs is 1. The summed E-state index contributed by atoms with van der Waals surface area (Å²) < 4.78 is 7.21. The van der Waals surface area contributed by atoms with Gasteiger partial charge in [-0.3, -0.25) is 4.98 Å². The van der Waals surface area contributed by atoms with Gasteiger partial charge in [0.1, 0.15) is 5.69 Å². The maximum Gasteiger partial charge on any atom is 0.353 e. The van der Waals surface area contributed by atoms with Gasteiger partial charge < -0.3 is 14.4 Å². The van der Waals surface area contributed by atoms with Crippen LogP contribution in [0.2, 0.25) is 0 Å². The molecule has 148 valence electrons. The van der Waals surface area contributed by atoms with E-state index in [-0.39, 0.29) is 5.69 Å². The second-order valence-corrected chi connectivity index (χ2v) is 6.86. The number of aryl methyl sites for hydroxylation is 1. The lowest BCUT2D eigenvalue weighted by atomic mass is 10.0. The molecular weight excluding hydrogens is 378 g/mol. The van der Waals surface area contributed by atoms with Crippen LogP contribution in [0.4, 0.5) is 0 Å². The predicted molar refractivity (Wildman–Crippen MR) is 115 cm³/mol.